The van der Waals surface area contributed by atoms with E-state index in [0.29, 0.717) is 16.3 Å². The fraction of sp³-hybridized carbons (Fsp3) is 0.222. The van der Waals surface area contributed by atoms with Crippen LogP contribution in [0, 0.1) is 0 Å². The lowest BCUT2D eigenvalue weighted by Crippen LogP contribution is -2.30. The average Bonchev–Trinajstić information content (AvgIpc) is 2.55. The third-order valence-electron chi connectivity index (χ3n) is 3.38. The molecule has 24 heavy (non-hydrogen) atoms. The molecule has 2 rings (SSSR count). The van der Waals surface area contributed by atoms with Crippen LogP contribution >= 0.6 is 11.6 Å². The summed E-state index contributed by atoms with van der Waals surface area (Å²) in [6.45, 7) is 1.53. The molecule has 0 unspecified atom stereocenters. The van der Waals surface area contributed by atoms with Gasteiger partial charge < -0.3 is 15.0 Å². The van der Waals surface area contributed by atoms with E-state index in [2.05, 4.69) is 5.32 Å². The molecule has 0 saturated heterocycles. The number of halogens is 1. The molecule has 0 bridgehead atoms. The van der Waals surface area contributed by atoms with Gasteiger partial charge in [0.2, 0.25) is 0 Å². The second-order valence-electron chi connectivity index (χ2n) is 5.48. The van der Waals surface area contributed by atoms with Crippen molar-refractivity contribution in [3.8, 4) is 0 Å². The van der Waals surface area contributed by atoms with E-state index in [-0.39, 0.29) is 0 Å². The van der Waals surface area contributed by atoms with Crippen molar-refractivity contribution in [2.24, 2.45) is 0 Å². The molecule has 5 nitrogen and oxygen atoms in total. The molecule has 2 aromatic carbocycles. The fourth-order valence-electron chi connectivity index (χ4n) is 1.95. The van der Waals surface area contributed by atoms with E-state index in [9.17, 15) is 9.59 Å². The molecule has 0 radical (unpaired) electrons. The van der Waals surface area contributed by atoms with Crippen LogP contribution in [0.2, 0.25) is 5.02 Å². The number of rotatable bonds is 5. The monoisotopic (exact) mass is 346 g/mol. The summed E-state index contributed by atoms with van der Waals surface area (Å²) in [6, 6.07) is 13.6. The molecule has 1 amide bonds. The van der Waals surface area contributed by atoms with E-state index in [1.807, 2.05) is 31.1 Å². The Kier molecular flexibility index (Phi) is 5.82. The van der Waals surface area contributed by atoms with E-state index < -0.39 is 18.0 Å². The van der Waals surface area contributed by atoms with Crippen molar-refractivity contribution in [3.05, 3.63) is 59.1 Å². The Morgan fingerprint density at radius 1 is 1.04 bits per heavy atom. The first-order chi connectivity index (χ1) is 11.4. The highest BCUT2D eigenvalue weighted by Gasteiger charge is 2.19. The van der Waals surface area contributed by atoms with Crippen molar-refractivity contribution in [1.82, 2.24) is 0 Å². The molecule has 0 aromatic heterocycles. The van der Waals surface area contributed by atoms with Gasteiger partial charge in [-0.05, 0) is 55.5 Å². The zero-order valence-corrected chi connectivity index (χ0v) is 14.5. The first-order valence-corrected chi connectivity index (χ1v) is 7.79. The summed E-state index contributed by atoms with van der Waals surface area (Å²) in [5.74, 6) is -0.966. The zero-order chi connectivity index (χ0) is 17.7. The second kappa shape index (κ2) is 7.84. The number of carbonyl (C=O) groups is 2. The predicted octanol–water partition coefficient (Wildman–Crippen LogP) is 3.59. The number of esters is 1. The third kappa shape index (κ3) is 4.73. The van der Waals surface area contributed by atoms with Gasteiger partial charge in [-0.3, -0.25) is 4.79 Å². The van der Waals surface area contributed by atoms with Gasteiger partial charge in [0.15, 0.2) is 6.10 Å². The predicted molar refractivity (Wildman–Crippen MR) is 95.7 cm³/mol. The van der Waals surface area contributed by atoms with Crippen LogP contribution in [0.5, 0.6) is 0 Å². The number of amides is 1. The Hall–Kier alpha value is -2.53. The average molecular weight is 347 g/mol. The normalized spacial score (nSPS) is 11.5. The van der Waals surface area contributed by atoms with Gasteiger partial charge in [-0.15, -0.1) is 0 Å². The molecule has 0 aliphatic carbocycles. The summed E-state index contributed by atoms with van der Waals surface area (Å²) in [5, 5.41) is 3.24. The van der Waals surface area contributed by atoms with Gasteiger partial charge in [-0.2, -0.15) is 0 Å². The first kappa shape index (κ1) is 17.8. The van der Waals surface area contributed by atoms with E-state index in [4.69, 9.17) is 16.3 Å². The molecular weight excluding hydrogens is 328 g/mol. The van der Waals surface area contributed by atoms with Crippen molar-refractivity contribution in [1.29, 1.82) is 0 Å². The van der Waals surface area contributed by atoms with E-state index in [0.717, 1.165) is 5.69 Å². The number of carbonyl (C=O) groups excluding carboxylic acids is 2. The molecule has 0 aliphatic heterocycles. The quantitative estimate of drug-likeness (QED) is 0.840. The third-order valence-corrected chi connectivity index (χ3v) is 3.64. The van der Waals surface area contributed by atoms with Gasteiger partial charge in [0.25, 0.3) is 5.91 Å². The van der Waals surface area contributed by atoms with Crippen molar-refractivity contribution in [2.75, 3.05) is 24.3 Å². The Morgan fingerprint density at radius 3 is 2.17 bits per heavy atom. The highest BCUT2D eigenvalue weighted by atomic mass is 35.5. The van der Waals surface area contributed by atoms with Gasteiger partial charge in [0.05, 0.1) is 5.56 Å². The van der Waals surface area contributed by atoms with Crippen LogP contribution in [0.25, 0.3) is 0 Å². The number of nitrogens with zero attached hydrogens (tertiary/aromatic N) is 1. The number of nitrogens with one attached hydrogen (secondary N) is 1. The maximum Gasteiger partial charge on any atom is 0.338 e. The molecule has 1 N–H and O–H groups in total. The summed E-state index contributed by atoms with van der Waals surface area (Å²) < 4.78 is 5.17. The molecule has 126 valence electrons. The fourth-order valence-corrected chi connectivity index (χ4v) is 2.08. The van der Waals surface area contributed by atoms with Gasteiger partial charge in [-0.1, -0.05) is 11.6 Å². The summed E-state index contributed by atoms with van der Waals surface area (Å²) in [6.07, 6.45) is -0.915. The molecule has 2 aromatic rings. The molecule has 0 heterocycles. The highest BCUT2D eigenvalue weighted by molar-refractivity contribution is 6.30. The topological polar surface area (TPSA) is 58.6 Å². The Morgan fingerprint density at radius 2 is 1.62 bits per heavy atom. The lowest BCUT2D eigenvalue weighted by Gasteiger charge is -2.15. The second-order valence-corrected chi connectivity index (χ2v) is 5.92. The number of ether oxygens (including phenoxy) is 1. The minimum Gasteiger partial charge on any atom is -0.449 e. The van der Waals surface area contributed by atoms with Crippen molar-refractivity contribution < 1.29 is 14.3 Å². The van der Waals surface area contributed by atoms with Crippen LogP contribution in [0.15, 0.2) is 48.5 Å². The van der Waals surface area contributed by atoms with Gasteiger partial charge in [-0.25, -0.2) is 4.79 Å². The molecular formula is C18H19ClN2O3. The van der Waals surface area contributed by atoms with Crippen molar-refractivity contribution in [2.45, 2.75) is 13.0 Å². The molecule has 0 fully saturated rings. The molecule has 0 aliphatic rings. The number of anilines is 2. The zero-order valence-electron chi connectivity index (χ0n) is 13.7. The van der Waals surface area contributed by atoms with Crippen LogP contribution in [0.3, 0.4) is 0 Å². The summed E-state index contributed by atoms with van der Waals surface area (Å²) >= 11 is 5.77. The lowest BCUT2D eigenvalue weighted by molar-refractivity contribution is -0.123. The van der Waals surface area contributed by atoms with Gasteiger partial charge >= 0.3 is 5.97 Å². The largest absolute Gasteiger partial charge is 0.449 e. The Bertz CT molecular complexity index is 712. The SMILES string of the molecule is C[C@H](OC(=O)c1ccc(Cl)cc1)C(=O)Nc1ccc(N(C)C)cc1. The van der Waals surface area contributed by atoms with Gasteiger partial charge in [0.1, 0.15) is 0 Å². The van der Waals surface area contributed by atoms with Gasteiger partial charge in [0, 0.05) is 30.5 Å². The van der Waals surface area contributed by atoms with Crippen LogP contribution in [-0.4, -0.2) is 32.1 Å². The maximum atomic E-state index is 12.1. The van der Waals surface area contributed by atoms with Crippen molar-refractivity contribution >= 4 is 34.9 Å². The van der Waals surface area contributed by atoms with Crippen LogP contribution in [-0.2, 0) is 9.53 Å². The Labute approximate surface area is 146 Å². The summed E-state index contributed by atoms with van der Waals surface area (Å²) in [4.78, 5) is 26.1. The number of benzene rings is 2. The number of hydrogen-bond acceptors (Lipinski definition) is 4. The molecule has 0 saturated carbocycles. The lowest BCUT2D eigenvalue weighted by atomic mass is 10.2. The maximum absolute atomic E-state index is 12.1. The first-order valence-electron chi connectivity index (χ1n) is 7.41. The summed E-state index contributed by atoms with van der Waals surface area (Å²) in [5.41, 5.74) is 2.00. The minimum absolute atomic E-state index is 0.342. The highest BCUT2D eigenvalue weighted by Crippen LogP contribution is 2.16. The molecule has 6 heteroatoms. The van der Waals surface area contributed by atoms with E-state index in [1.54, 1.807) is 36.4 Å². The van der Waals surface area contributed by atoms with E-state index in [1.165, 1.54) is 6.92 Å². The van der Waals surface area contributed by atoms with E-state index >= 15 is 0 Å². The molecule has 1 atom stereocenters. The minimum atomic E-state index is -0.915. The van der Waals surface area contributed by atoms with Crippen molar-refractivity contribution in [3.63, 3.8) is 0 Å². The standard InChI is InChI=1S/C18H19ClN2O3/c1-12(24-18(23)13-4-6-14(19)7-5-13)17(22)20-15-8-10-16(11-9-15)21(2)3/h4-12H,1-3H3,(H,20,22)/t12-/m0/s1. The Balaban J connectivity index is 1.94. The summed E-state index contributed by atoms with van der Waals surface area (Å²) in [7, 11) is 3.87. The van der Waals surface area contributed by atoms with Crippen LogP contribution in [0.1, 0.15) is 17.3 Å². The van der Waals surface area contributed by atoms with Crippen LogP contribution in [0.4, 0.5) is 11.4 Å². The molecule has 0 spiro atoms. The van der Waals surface area contributed by atoms with Crippen LogP contribution < -0.4 is 10.2 Å². The smallest absolute Gasteiger partial charge is 0.338 e. The number of hydrogen-bond donors (Lipinski definition) is 1.